The molecule has 0 aromatic heterocycles. The van der Waals surface area contributed by atoms with Crippen LogP contribution in [0.5, 0.6) is 0 Å². The minimum absolute atomic E-state index is 0.459. The number of hydrogen-bond acceptors (Lipinski definition) is 5. The molecule has 2 aliphatic rings. The van der Waals surface area contributed by atoms with E-state index in [1.165, 1.54) is 0 Å². The van der Waals surface area contributed by atoms with Gasteiger partial charge in [0.05, 0.1) is 6.54 Å². The number of hydrogen-bond donors (Lipinski definition) is 3. The molecule has 0 radical (unpaired) electrons. The lowest BCUT2D eigenvalue weighted by molar-refractivity contribution is -0.177. The highest BCUT2D eigenvalue weighted by Gasteiger charge is 2.74. The van der Waals surface area contributed by atoms with E-state index in [1.807, 2.05) is 0 Å². The third-order valence-corrected chi connectivity index (χ3v) is 3.07. The molecule has 8 nitrogen and oxygen atoms in total. The molecule has 86 valence electrons. The second-order valence-corrected chi connectivity index (χ2v) is 4.02. The van der Waals surface area contributed by atoms with Crippen LogP contribution in [-0.4, -0.2) is 56.4 Å². The molecular weight excluding hydrogens is 220 g/mol. The zero-order valence-electron chi connectivity index (χ0n) is 7.97. The number of carboxylic acids is 2. The fraction of sp³-hybridized carbons (Fsp3) is 0.500. The van der Waals surface area contributed by atoms with Crippen LogP contribution < -0.4 is 5.73 Å². The van der Waals surface area contributed by atoms with Crippen LogP contribution in [0.25, 0.3) is 0 Å². The Kier molecular flexibility index (Phi) is 1.71. The molecular formula is C8H8N2O6. The minimum Gasteiger partial charge on any atom is -0.480 e. The smallest absolute Gasteiger partial charge is 0.338 e. The number of amides is 1. The second kappa shape index (κ2) is 2.59. The van der Waals surface area contributed by atoms with Gasteiger partial charge in [0, 0.05) is 6.42 Å². The zero-order chi connectivity index (χ0) is 12.3. The van der Waals surface area contributed by atoms with Crippen molar-refractivity contribution in [1.82, 2.24) is 4.90 Å². The first-order valence-electron chi connectivity index (χ1n) is 4.38. The molecule has 8 heteroatoms. The molecule has 2 fully saturated rings. The standard InChI is InChI=1S/C8H8N2O6/c9-7(5(13)14)1-8(6(15)16)3(11)4(12)10(8)2-7/h1-2,9H2,(H,13,14)(H,15,16). The van der Waals surface area contributed by atoms with E-state index in [2.05, 4.69) is 0 Å². The summed E-state index contributed by atoms with van der Waals surface area (Å²) in [5.74, 6) is -5.06. The van der Waals surface area contributed by atoms with Crippen LogP contribution in [0.15, 0.2) is 0 Å². The molecule has 1 amide bonds. The number of carbonyl (C=O) groups is 4. The van der Waals surface area contributed by atoms with E-state index >= 15 is 0 Å². The van der Waals surface area contributed by atoms with Gasteiger partial charge in [0.25, 0.3) is 11.7 Å². The summed E-state index contributed by atoms with van der Waals surface area (Å²) in [5.41, 5.74) is 1.52. The molecule has 2 saturated heterocycles. The van der Waals surface area contributed by atoms with Crippen molar-refractivity contribution in [2.45, 2.75) is 17.5 Å². The number of nitrogens with two attached hydrogens (primary N) is 1. The molecule has 0 aliphatic carbocycles. The SMILES string of the molecule is NC1(C(=O)O)CN2C(=O)C(=O)C2(C(=O)O)C1. The van der Waals surface area contributed by atoms with E-state index < -0.39 is 47.7 Å². The van der Waals surface area contributed by atoms with Crippen molar-refractivity contribution in [3.05, 3.63) is 0 Å². The lowest BCUT2D eigenvalue weighted by Crippen LogP contribution is -2.72. The largest absolute Gasteiger partial charge is 0.480 e. The van der Waals surface area contributed by atoms with Crippen LogP contribution >= 0.6 is 0 Å². The lowest BCUT2D eigenvalue weighted by atomic mass is 9.80. The molecule has 2 unspecified atom stereocenters. The molecule has 0 aromatic rings. The first-order valence-corrected chi connectivity index (χ1v) is 4.38. The molecule has 2 aliphatic heterocycles. The number of carboxylic acid groups (broad SMARTS) is 2. The molecule has 2 rings (SSSR count). The predicted octanol–water partition coefficient (Wildman–Crippen LogP) is -2.59. The van der Waals surface area contributed by atoms with E-state index in [-0.39, 0.29) is 0 Å². The third-order valence-electron chi connectivity index (χ3n) is 3.07. The quantitative estimate of drug-likeness (QED) is 0.267. The Bertz CT molecular complexity index is 446. The number of aliphatic carboxylic acids is 2. The van der Waals surface area contributed by atoms with E-state index in [0.717, 1.165) is 0 Å². The number of β-lactam (4-membered cyclic amide) rings is 1. The van der Waals surface area contributed by atoms with Crippen LogP contribution in [-0.2, 0) is 19.2 Å². The topological polar surface area (TPSA) is 138 Å². The Morgan fingerprint density at radius 3 is 2.19 bits per heavy atom. The molecule has 2 heterocycles. The number of rotatable bonds is 2. The summed E-state index contributed by atoms with van der Waals surface area (Å²) >= 11 is 0. The highest BCUT2D eigenvalue weighted by atomic mass is 16.4. The van der Waals surface area contributed by atoms with Crippen molar-refractivity contribution in [2.24, 2.45) is 5.73 Å². The van der Waals surface area contributed by atoms with Crippen molar-refractivity contribution >= 4 is 23.6 Å². The van der Waals surface area contributed by atoms with Crippen LogP contribution in [0.4, 0.5) is 0 Å². The molecule has 0 aromatic carbocycles. The Labute approximate surface area is 88.6 Å². The summed E-state index contributed by atoms with van der Waals surface area (Å²) in [6.07, 6.45) is -0.588. The Morgan fingerprint density at radius 2 is 1.81 bits per heavy atom. The van der Waals surface area contributed by atoms with Gasteiger partial charge < -0.3 is 20.8 Å². The first kappa shape index (κ1) is 10.6. The number of nitrogens with zero attached hydrogens (tertiary/aromatic N) is 1. The first-order chi connectivity index (χ1) is 7.25. The predicted molar refractivity (Wildman–Crippen MR) is 46.3 cm³/mol. The van der Waals surface area contributed by atoms with Crippen LogP contribution in [0.2, 0.25) is 0 Å². The van der Waals surface area contributed by atoms with Crippen LogP contribution in [0, 0.1) is 0 Å². The minimum atomic E-state index is -2.07. The summed E-state index contributed by atoms with van der Waals surface area (Å²) in [4.78, 5) is 45.0. The average molecular weight is 228 g/mol. The van der Waals surface area contributed by atoms with Gasteiger partial charge in [-0.25, -0.2) is 4.79 Å². The van der Waals surface area contributed by atoms with Gasteiger partial charge >= 0.3 is 11.9 Å². The van der Waals surface area contributed by atoms with E-state index in [1.54, 1.807) is 0 Å². The summed E-state index contributed by atoms with van der Waals surface area (Å²) in [5, 5.41) is 17.8. The van der Waals surface area contributed by atoms with Crippen LogP contribution in [0.3, 0.4) is 0 Å². The van der Waals surface area contributed by atoms with Crippen molar-refractivity contribution < 1.29 is 29.4 Å². The van der Waals surface area contributed by atoms with Crippen molar-refractivity contribution in [3.63, 3.8) is 0 Å². The van der Waals surface area contributed by atoms with Gasteiger partial charge in [0.1, 0.15) is 5.54 Å². The average Bonchev–Trinajstić information content (AvgIpc) is 2.50. The maximum atomic E-state index is 11.3. The zero-order valence-corrected chi connectivity index (χ0v) is 7.97. The number of ketones is 1. The Hall–Kier alpha value is -1.96. The highest BCUT2D eigenvalue weighted by Crippen LogP contribution is 2.42. The van der Waals surface area contributed by atoms with Crippen LogP contribution in [0.1, 0.15) is 6.42 Å². The van der Waals surface area contributed by atoms with E-state index in [4.69, 9.17) is 15.9 Å². The number of Topliss-reactive ketones (excluding diaryl/α,β-unsaturated/α-hetero) is 1. The fourth-order valence-corrected chi connectivity index (χ4v) is 2.15. The number of carbonyl (C=O) groups excluding carboxylic acids is 2. The molecule has 0 spiro atoms. The summed E-state index contributed by atoms with van der Waals surface area (Å²) < 4.78 is 0. The normalized spacial score (nSPS) is 36.9. The maximum Gasteiger partial charge on any atom is 0.338 e. The summed E-state index contributed by atoms with van der Waals surface area (Å²) in [7, 11) is 0. The van der Waals surface area contributed by atoms with E-state index in [0.29, 0.717) is 4.90 Å². The van der Waals surface area contributed by atoms with Gasteiger partial charge in [-0.05, 0) is 0 Å². The molecule has 0 saturated carbocycles. The highest BCUT2D eigenvalue weighted by molar-refractivity contribution is 6.51. The molecule has 0 bridgehead atoms. The van der Waals surface area contributed by atoms with Crippen molar-refractivity contribution in [3.8, 4) is 0 Å². The Morgan fingerprint density at radius 1 is 1.25 bits per heavy atom. The summed E-state index contributed by atoms with van der Waals surface area (Å²) in [6.45, 7) is -0.459. The van der Waals surface area contributed by atoms with Gasteiger partial charge in [-0.1, -0.05) is 0 Å². The van der Waals surface area contributed by atoms with Gasteiger partial charge in [0.15, 0.2) is 0 Å². The molecule has 2 atom stereocenters. The maximum absolute atomic E-state index is 11.3. The van der Waals surface area contributed by atoms with Gasteiger partial charge in [-0.2, -0.15) is 0 Å². The lowest BCUT2D eigenvalue weighted by Gasteiger charge is -2.40. The van der Waals surface area contributed by atoms with Gasteiger partial charge in [-0.15, -0.1) is 0 Å². The van der Waals surface area contributed by atoms with Crippen molar-refractivity contribution in [1.29, 1.82) is 0 Å². The van der Waals surface area contributed by atoms with Gasteiger partial charge in [-0.3, -0.25) is 14.4 Å². The number of fused-ring (bicyclic) bond motifs is 1. The molecule has 16 heavy (non-hydrogen) atoms. The van der Waals surface area contributed by atoms with Gasteiger partial charge in [0.2, 0.25) is 5.54 Å². The monoisotopic (exact) mass is 228 g/mol. The summed E-state index contributed by atoms with van der Waals surface area (Å²) in [6, 6.07) is 0. The fourth-order valence-electron chi connectivity index (χ4n) is 2.15. The van der Waals surface area contributed by atoms with Crippen molar-refractivity contribution in [2.75, 3.05) is 6.54 Å². The Balaban J connectivity index is 2.45. The molecule has 4 N–H and O–H groups in total. The third kappa shape index (κ3) is 0.871. The van der Waals surface area contributed by atoms with E-state index in [9.17, 15) is 19.2 Å². The second-order valence-electron chi connectivity index (χ2n) is 4.02.